The lowest BCUT2D eigenvalue weighted by Gasteiger charge is -2.33. The summed E-state index contributed by atoms with van der Waals surface area (Å²) >= 11 is 3.44. The Morgan fingerprint density at radius 3 is 2.65 bits per heavy atom. The van der Waals surface area contributed by atoms with Crippen LogP contribution in [0.3, 0.4) is 0 Å². The first-order valence-electron chi connectivity index (χ1n) is 6.00. The number of nitrogens with zero attached hydrogens (tertiary/aromatic N) is 1. The molecule has 1 N–H and O–H groups in total. The molecule has 4 heteroatoms. The number of aryl methyl sites for hydroxylation is 1. The van der Waals surface area contributed by atoms with Crippen LogP contribution in [0.25, 0.3) is 0 Å². The van der Waals surface area contributed by atoms with Crippen LogP contribution in [-0.2, 0) is 0 Å². The Hall–Kier alpha value is -0.450. The van der Waals surface area contributed by atoms with Gasteiger partial charge < -0.3 is 5.32 Å². The molecule has 1 atom stereocenters. The summed E-state index contributed by atoms with van der Waals surface area (Å²) in [5, 5.41) is 3.31. The van der Waals surface area contributed by atoms with E-state index in [9.17, 15) is 4.39 Å². The molecule has 1 aliphatic rings. The molecule has 17 heavy (non-hydrogen) atoms. The largest absolute Gasteiger partial charge is 0.314 e. The average Bonchev–Trinajstić information content (AvgIpc) is 2.34. The number of halogens is 2. The Morgan fingerprint density at radius 1 is 1.35 bits per heavy atom. The fourth-order valence-corrected chi connectivity index (χ4v) is 2.91. The van der Waals surface area contributed by atoms with Gasteiger partial charge in [-0.3, -0.25) is 4.90 Å². The van der Waals surface area contributed by atoms with Crippen molar-refractivity contribution in [2.24, 2.45) is 0 Å². The van der Waals surface area contributed by atoms with Gasteiger partial charge in [0.25, 0.3) is 0 Å². The summed E-state index contributed by atoms with van der Waals surface area (Å²) < 4.78 is 15.1. The molecule has 2 rings (SSSR count). The molecule has 1 aromatic rings. The highest BCUT2D eigenvalue weighted by Gasteiger charge is 2.21. The Labute approximate surface area is 110 Å². The minimum atomic E-state index is -0.0702. The fourth-order valence-electron chi connectivity index (χ4n) is 2.32. The second-order valence-corrected chi connectivity index (χ2v) is 5.50. The Bertz CT molecular complexity index is 403. The third-order valence-corrected chi connectivity index (χ3v) is 3.85. The summed E-state index contributed by atoms with van der Waals surface area (Å²) in [6, 6.07) is 3.85. The molecule has 0 saturated carbocycles. The molecule has 1 aromatic carbocycles. The van der Waals surface area contributed by atoms with Crippen molar-refractivity contribution in [1.82, 2.24) is 10.2 Å². The third-order valence-electron chi connectivity index (χ3n) is 3.40. The number of rotatable bonds is 2. The molecule has 1 fully saturated rings. The van der Waals surface area contributed by atoms with Crippen LogP contribution in [0.1, 0.15) is 24.1 Å². The predicted octanol–water partition coefficient (Wildman–Crippen LogP) is 2.86. The van der Waals surface area contributed by atoms with Gasteiger partial charge in [0.2, 0.25) is 0 Å². The smallest absolute Gasteiger partial charge is 0.130 e. The standard InChI is InChI=1S/C13H18BrFN2/c1-9-7-11(14)8-12(13(9)15)10(2)17-5-3-16-4-6-17/h7-8,10,16H,3-6H2,1-2H3/t10-/m0/s1. The van der Waals surface area contributed by atoms with Gasteiger partial charge in [-0.25, -0.2) is 4.39 Å². The Kier molecular flexibility index (Phi) is 4.17. The minimum Gasteiger partial charge on any atom is -0.314 e. The molecule has 1 saturated heterocycles. The van der Waals surface area contributed by atoms with Gasteiger partial charge in [-0.2, -0.15) is 0 Å². The highest BCUT2D eigenvalue weighted by Crippen LogP contribution is 2.28. The first-order chi connectivity index (χ1) is 8.09. The summed E-state index contributed by atoms with van der Waals surface area (Å²) in [5.41, 5.74) is 1.50. The zero-order valence-electron chi connectivity index (χ0n) is 10.3. The highest BCUT2D eigenvalue weighted by molar-refractivity contribution is 9.10. The number of piperazine rings is 1. The SMILES string of the molecule is Cc1cc(Br)cc([C@H](C)N2CCNCC2)c1F. The number of benzene rings is 1. The predicted molar refractivity (Wildman–Crippen MR) is 71.7 cm³/mol. The maximum absolute atomic E-state index is 14.1. The molecule has 0 radical (unpaired) electrons. The fraction of sp³-hybridized carbons (Fsp3) is 0.538. The first kappa shape index (κ1) is 13.0. The van der Waals surface area contributed by atoms with E-state index in [1.54, 1.807) is 0 Å². The molecule has 1 heterocycles. The second-order valence-electron chi connectivity index (χ2n) is 4.59. The monoisotopic (exact) mass is 300 g/mol. The van der Waals surface area contributed by atoms with E-state index in [1.165, 1.54) is 0 Å². The minimum absolute atomic E-state index is 0.0702. The second kappa shape index (κ2) is 5.46. The van der Waals surface area contributed by atoms with Crippen molar-refractivity contribution in [3.63, 3.8) is 0 Å². The topological polar surface area (TPSA) is 15.3 Å². The van der Waals surface area contributed by atoms with Gasteiger partial charge in [0.15, 0.2) is 0 Å². The number of hydrogen-bond donors (Lipinski definition) is 1. The van der Waals surface area contributed by atoms with Crippen molar-refractivity contribution in [2.75, 3.05) is 26.2 Å². The molecule has 94 valence electrons. The van der Waals surface area contributed by atoms with Crippen molar-refractivity contribution in [1.29, 1.82) is 0 Å². The number of nitrogens with one attached hydrogen (secondary N) is 1. The molecular weight excluding hydrogens is 283 g/mol. The lowest BCUT2D eigenvalue weighted by Crippen LogP contribution is -2.44. The average molecular weight is 301 g/mol. The lowest BCUT2D eigenvalue weighted by atomic mass is 10.0. The molecule has 1 aliphatic heterocycles. The highest BCUT2D eigenvalue weighted by atomic mass is 79.9. The molecule has 0 unspecified atom stereocenters. The van der Waals surface area contributed by atoms with Gasteiger partial charge in [0.1, 0.15) is 5.82 Å². The third kappa shape index (κ3) is 2.87. The van der Waals surface area contributed by atoms with Crippen LogP contribution in [0.4, 0.5) is 4.39 Å². The maximum atomic E-state index is 14.1. The van der Waals surface area contributed by atoms with E-state index in [1.807, 2.05) is 19.1 Å². The van der Waals surface area contributed by atoms with Gasteiger partial charge in [-0.05, 0) is 31.5 Å². The summed E-state index contributed by atoms with van der Waals surface area (Å²) in [7, 11) is 0. The number of hydrogen-bond acceptors (Lipinski definition) is 2. The van der Waals surface area contributed by atoms with Crippen molar-refractivity contribution >= 4 is 15.9 Å². The van der Waals surface area contributed by atoms with E-state index >= 15 is 0 Å². The summed E-state index contributed by atoms with van der Waals surface area (Å²) in [4.78, 5) is 2.32. The normalized spacial score (nSPS) is 19.3. The molecule has 0 aliphatic carbocycles. The van der Waals surface area contributed by atoms with E-state index in [0.717, 1.165) is 36.2 Å². The molecular formula is C13H18BrFN2. The summed E-state index contributed by atoms with van der Waals surface area (Å²) in [6.45, 7) is 7.82. The quantitative estimate of drug-likeness (QED) is 0.903. The molecule has 0 bridgehead atoms. The van der Waals surface area contributed by atoms with Gasteiger partial charge in [-0.1, -0.05) is 15.9 Å². The van der Waals surface area contributed by atoms with Crippen LogP contribution in [0.5, 0.6) is 0 Å². The molecule has 0 spiro atoms. The van der Waals surface area contributed by atoms with E-state index in [-0.39, 0.29) is 11.9 Å². The van der Waals surface area contributed by atoms with E-state index in [2.05, 4.69) is 33.1 Å². The van der Waals surface area contributed by atoms with Crippen molar-refractivity contribution in [3.8, 4) is 0 Å². The zero-order valence-corrected chi connectivity index (χ0v) is 11.8. The maximum Gasteiger partial charge on any atom is 0.130 e. The van der Waals surface area contributed by atoms with E-state index in [4.69, 9.17) is 0 Å². The van der Waals surface area contributed by atoms with Crippen LogP contribution < -0.4 is 5.32 Å². The van der Waals surface area contributed by atoms with Gasteiger partial charge in [0, 0.05) is 42.3 Å². The summed E-state index contributed by atoms with van der Waals surface area (Å²) in [5.74, 6) is -0.0702. The van der Waals surface area contributed by atoms with Crippen LogP contribution in [-0.4, -0.2) is 31.1 Å². The van der Waals surface area contributed by atoms with Crippen LogP contribution >= 0.6 is 15.9 Å². The van der Waals surface area contributed by atoms with Crippen molar-refractivity contribution in [3.05, 3.63) is 33.5 Å². The van der Waals surface area contributed by atoms with E-state index in [0.29, 0.717) is 5.56 Å². The van der Waals surface area contributed by atoms with Crippen LogP contribution in [0, 0.1) is 12.7 Å². The lowest BCUT2D eigenvalue weighted by molar-refractivity contribution is 0.182. The van der Waals surface area contributed by atoms with Crippen molar-refractivity contribution in [2.45, 2.75) is 19.9 Å². The van der Waals surface area contributed by atoms with Gasteiger partial charge >= 0.3 is 0 Å². The van der Waals surface area contributed by atoms with Gasteiger partial charge in [-0.15, -0.1) is 0 Å². The zero-order chi connectivity index (χ0) is 12.4. The molecule has 0 aromatic heterocycles. The Morgan fingerprint density at radius 2 is 2.00 bits per heavy atom. The molecule has 0 amide bonds. The van der Waals surface area contributed by atoms with Crippen LogP contribution in [0.2, 0.25) is 0 Å². The van der Waals surface area contributed by atoms with Gasteiger partial charge in [0.05, 0.1) is 0 Å². The van der Waals surface area contributed by atoms with E-state index < -0.39 is 0 Å². The van der Waals surface area contributed by atoms with Crippen LogP contribution in [0.15, 0.2) is 16.6 Å². The first-order valence-corrected chi connectivity index (χ1v) is 6.79. The Balaban J connectivity index is 2.26. The molecule has 2 nitrogen and oxygen atoms in total. The van der Waals surface area contributed by atoms with Crippen molar-refractivity contribution < 1.29 is 4.39 Å². The summed E-state index contributed by atoms with van der Waals surface area (Å²) in [6.07, 6.45) is 0.